The van der Waals surface area contributed by atoms with Crippen molar-refractivity contribution in [1.82, 2.24) is 20.0 Å². The number of aryl methyl sites for hydroxylation is 2. The molecule has 0 radical (unpaired) electrons. The first kappa shape index (κ1) is 17.3. The fourth-order valence-corrected chi connectivity index (χ4v) is 2.06. The van der Waals surface area contributed by atoms with Gasteiger partial charge in [0, 0.05) is 39.4 Å². The first-order valence-corrected chi connectivity index (χ1v) is 7.76. The molecule has 0 bridgehead atoms. The van der Waals surface area contributed by atoms with Crippen LogP contribution in [0.3, 0.4) is 0 Å². The van der Waals surface area contributed by atoms with Crippen LogP contribution >= 0.6 is 0 Å². The minimum absolute atomic E-state index is 0.813. The molecule has 5 heteroatoms. The third-order valence-corrected chi connectivity index (χ3v) is 3.17. The lowest BCUT2D eigenvalue weighted by Gasteiger charge is -2.21. The van der Waals surface area contributed by atoms with E-state index in [4.69, 9.17) is 0 Å². The molecule has 0 aliphatic heterocycles. The second-order valence-corrected chi connectivity index (χ2v) is 5.22. The Hall–Kier alpha value is -1.78. The molecule has 118 valence electrons. The highest BCUT2D eigenvalue weighted by atomic mass is 15.3. The predicted octanol–water partition coefficient (Wildman–Crippen LogP) is 2.45. The molecular formula is C16H29N5. The normalized spacial score (nSPS) is 11.5. The van der Waals surface area contributed by atoms with Gasteiger partial charge < -0.3 is 10.2 Å². The van der Waals surface area contributed by atoms with Crippen LogP contribution in [0, 0.1) is 6.92 Å². The molecule has 1 aromatic rings. The van der Waals surface area contributed by atoms with Crippen molar-refractivity contribution in [2.45, 2.75) is 39.7 Å². The summed E-state index contributed by atoms with van der Waals surface area (Å²) in [5.41, 5.74) is 1.20. The quantitative estimate of drug-likeness (QED) is 0.329. The van der Waals surface area contributed by atoms with Crippen LogP contribution in [-0.4, -0.2) is 47.3 Å². The lowest BCUT2D eigenvalue weighted by Crippen LogP contribution is -2.39. The van der Waals surface area contributed by atoms with Crippen molar-refractivity contribution in [2.24, 2.45) is 4.99 Å². The summed E-state index contributed by atoms with van der Waals surface area (Å²) in [7, 11) is 2.08. The highest BCUT2D eigenvalue weighted by Crippen LogP contribution is 1.98. The molecule has 0 atom stereocenters. The third-order valence-electron chi connectivity index (χ3n) is 3.17. The molecule has 0 aliphatic carbocycles. The number of hydrogen-bond acceptors (Lipinski definition) is 2. The molecule has 0 saturated carbocycles. The second kappa shape index (κ2) is 10.0. The van der Waals surface area contributed by atoms with Crippen molar-refractivity contribution in [3.8, 4) is 0 Å². The van der Waals surface area contributed by atoms with Gasteiger partial charge in [0.15, 0.2) is 5.96 Å². The van der Waals surface area contributed by atoms with Crippen LogP contribution in [0.1, 0.15) is 31.7 Å². The summed E-state index contributed by atoms with van der Waals surface area (Å²) in [5, 5.41) is 7.63. The largest absolute Gasteiger partial charge is 0.357 e. The number of nitrogens with zero attached hydrogens (tertiary/aromatic N) is 4. The molecule has 1 aromatic heterocycles. The third kappa shape index (κ3) is 6.97. The molecule has 0 aromatic carbocycles. The zero-order valence-electron chi connectivity index (χ0n) is 13.7. The standard InChI is InChI=1S/C16H29N5/c1-5-7-8-11-20(4)16(17-6-2)18-10-9-12-21-14-15(3)13-19-21/h5,13-14H,1,6-12H2,2-4H3,(H,17,18). The Morgan fingerprint density at radius 3 is 2.95 bits per heavy atom. The van der Waals surface area contributed by atoms with Gasteiger partial charge in [0.2, 0.25) is 0 Å². The molecule has 1 heterocycles. The first-order valence-electron chi connectivity index (χ1n) is 7.76. The van der Waals surface area contributed by atoms with Gasteiger partial charge in [0.1, 0.15) is 0 Å². The van der Waals surface area contributed by atoms with E-state index >= 15 is 0 Å². The summed E-state index contributed by atoms with van der Waals surface area (Å²) in [6, 6.07) is 0. The van der Waals surface area contributed by atoms with E-state index in [1.54, 1.807) is 0 Å². The van der Waals surface area contributed by atoms with Gasteiger partial charge in [-0.15, -0.1) is 6.58 Å². The maximum Gasteiger partial charge on any atom is 0.193 e. The van der Waals surface area contributed by atoms with Crippen molar-refractivity contribution in [3.05, 3.63) is 30.6 Å². The van der Waals surface area contributed by atoms with Gasteiger partial charge in [-0.2, -0.15) is 5.10 Å². The van der Waals surface area contributed by atoms with Crippen LogP contribution < -0.4 is 5.32 Å². The zero-order chi connectivity index (χ0) is 15.5. The number of aromatic nitrogens is 2. The Kier molecular flexibility index (Phi) is 8.24. The summed E-state index contributed by atoms with van der Waals surface area (Å²) in [6.45, 7) is 11.5. The molecule has 5 nitrogen and oxygen atoms in total. The summed E-state index contributed by atoms with van der Waals surface area (Å²) in [5.74, 6) is 0.984. The highest BCUT2D eigenvalue weighted by Gasteiger charge is 2.04. The molecule has 1 N–H and O–H groups in total. The lowest BCUT2D eigenvalue weighted by atomic mass is 10.3. The molecular weight excluding hydrogens is 262 g/mol. The number of allylic oxidation sites excluding steroid dienone is 1. The average molecular weight is 291 g/mol. The Labute approximate surface area is 128 Å². The first-order chi connectivity index (χ1) is 10.2. The van der Waals surface area contributed by atoms with E-state index in [1.807, 2.05) is 17.0 Å². The topological polar surface area (TPSA) is 45.5 Å². The molecule has 21 heavy (non-hydrogen) atoms. The molecule has 1 rings (SSSR count). The summed E-state index contributed by atoms with van der Waals surface area (Å²) in [6.07, 6.45) is 9.07. The van der Waals surface area contributed by atoms with Crippen LogP contribution in [-0.2, 0) is 6.54 Å². The van der Waals surface area contributed by atoms with E-state index in [1.165, 1.54) is 5.56 Å². The minimum atomic E-state index is 0.813. The van der Waals surface area contributed by atoms with Crippen LogP contribution in [0.5, 0.6) is 0 Å². The molecule has 0 aliphatic rings. The van der Waals surface area contributed by atoms with Crippen molar-refractivity contribution in [2.75, 3.05) is 26.7 Å². The van der Waals surface area contributed by atoms with E-state index in [9.17, 15) is 0 Å². The Balaban J connectivity index is 2.37. The average Bonchev–Trinajstić information content (AvgIpc) is 2.88. The van der Waals surface area contributed by atoms with E-state index in [0.29, 0.717) is 0 Å². The monoisotopic (exact) mass is 291 g/mol. The van der Waals surface area contributed by atoms with Crippen molar-refractivity contribution >= 4 is 5.96 Å². The van der Waals surface area contributed by atoms with Gasteiger partial charge >= 0.3 is 0 Å². The smallest absolute Gasteiger partial charge is 0.193 e. The van der Waals surface area contributed by atoms with Crippen molar-refractivity contribution < 1.29 is 0 Å². The van der Waals surface area contributed by atoms with Gasteiger partial charge in [-0.05, 0) is 38.7 Å². The van der Waals surface area contributed by atoms with E-state index in [-0.39, 0.29) is 0 Å². The Morgan fingerprint density at radius 2 is 2.33 bits per heavy atom. The minimum Gasteiger partial charge on any atom is -0.357 e. The van der Waals surface area contributed by atoms with Gasteiger partial charge in [-0.1, -0.05) is 6.08 Å². The van der Waals surface area contributed by atoms with Crippen LogP contribution in [0.15, 0.2) is 30.0 Å². The van der Waals surface area contributed by atoms with E-state index < -0.39 is 0 Å². The summed E-state index contributed by atoms with van der Waals surface area (Å²) in [4.78, 5) is 6.86. The van der Waals surface area contributed by atoms with Gasteiger partial charge in [0.25, 0.3) is 0 Å². The maximum atomic E-state index is 4.68. The lowest BCUT2D eigenvalue weighted by molar-refractivity contribution is 0.468. The molecule has 0 unspecified atom stereocenters. The van der Waals surface area contributed by atoms with Crippen LogP contribution in [0.4, 0.5) is 0 Å². The molecule has 0 fully saturated rings. The van der Waals surface area contributed by atoms with E-state index in [0.717, 1.165) is 51.4 Å². The van der Waals surface area contributed by atoms with E-state index in [2.05, 4.69) is 54.0 Å². The van der Waals surface area contributed by atoms with Crippen molar-refractivity contribution in [3.63, 3.8) is 0 Å². The highest BCUT2D eigenvalue weighted by molar-refractivity contribution is 5.79. The maximum absolute atomic E-state index is 4.68. The van der Waals surface area contributed by atoms with Gasteiger partial charge in [-0.25, -0.2) is 0 Å². The molecule has 0 saturated heterocycles. The molecule has 0 spiro atoms. The van der Waals surface area contributed by atoms with Crippen molar-refractivity contribution in [1.29, 1.82) is 0 Å². The number of nitrogens with one attached hydrogen (secondary N) is 1. The SMILES string of the molecule is C=CCCCN(C)C(=NCCCn1cc(C)cn1)NCC. The summed E-state index contributed by atoms with van der Waals surface area (Å²) < 4.78 is 1.98. The number of rotatable bonds is 9. The number of aliphatic imine (C=N–C) groups is 1. The van der Waals surface area contributed by atoms with Gasteiger partial charge in [0.05, 0.1) is 6.20 Å². The Morgan fingerprint density at radius 1 is 1.52 bits per heavy atom. The fraction of sp³-hybridized carbons (Fsp3) is 0.625. The predicted molar refractivity (Wildman–Crippen MR) is 89.6 cm³/mol. The summed E-state index contributed by atoms with van der Waals surface area (Å²) >= 11 is 0. The van der Waals surface area contributed by atoms with Gasteiger partial charge in [-0.3, -0.25) is 9.67 Å². The number of unbranched alkanes of at least 4 members (excludes halogenated alkanes) is 1. The second-order valence-electron chi connectivity index (χ2n) is 5.22. The van der Waals surface area contributed by atoms with Crippen LogP contribution in [0.25, 0.3) is 0 Å². The number of hydrogen-bond donors (Lipinski definition) is 1. The zero-order valence-corrected chi connectivity index (χ0v) is 13.7. The van der Waals surface area contributed by atoms with Crippen LogP contribution in [0.2, 0.25) is 0 Å². The fourth-order valence-electron chi connectivity index (χ4n) is 2.06. The number of guanidine groups is 1. The Bertz CT molecular complexity index is 436. The molecule has 0 amide bonds.